The molecule has 1 heterocycles. The standard InChI is InChI=1S/C15H20N2O5/c1-10(2)8-12(15(20)21)17-14(19)9-16-13(18)6-5-11-4-3-7-22-11/h3-7,10,12H,8-9H2,1-2H3,(H,16,18)(H,17,19)(H,20,21)/t12-/m0/s1. The first-order valence-corrected chi connectivity index (χ1v) is 6.90. The predicted molar refractivity (Wildman–Crippen MR) is 79.8 cm³/mol. The van der Waals surface area contributed by atoms with E-state index < -0.39 is 23.8 Å². The third-order valence-electron chi connectivity index (χ3n) is 2.71. The molecule has 7 heteroatoms. The Labute approximate surface area is 128 Å². The van der Waals surface area contributed by atoms with Crippen molar-refractivity contribution in [1.29, 1.82) is 0 Å². The number of rotatable bonds is 8. The second-order valence-electron chi connectivity index (χ2n) is 5.15. The molecule has 0 aromatic carbocycles. The molecule has 0 unspecified atom stereocenters. The van der Waals surface area contributed by atoms with E-state index in [0.717, 1.165) is 0 Å². The van der Waals surface area contributed by atoms with Gasteiger partial charge in [-0.2, -0.15) is 0 Å². The zero-order valence-corrected chi connectivity index (χ0v) is 12.5. The Hall–Kier alpha value is -2.57. The van der Waals surface area contributed by atoms with Gasteiger partial charge in [0.15, 0.2) is 0 Å². The molecule has 0 aliphatic rings. The number of hydrogen-bond donors (Lipinski definition) is 3. The molecule has 1 aromatic rings. The number of carbonyl (C=O) groups excluding carboxylic acids is 2. The zero-order valence-electron chi connectivity index (χ0n) is 12.5. The van der Waals surface area contributed by atoms with Crippen molar-refractivity contribution in [2.24, 2.45) is 5.92 Å². The third-order valence-corrected chi connectivity index (χ3v) is 2.71. The van der Waals surface area contributed by atoms with Crippen LogP contribution in [0, 0.1) is 5.92 Å². The number of nitrogens with one attached hydrogen (secondary N) is 2. The Morgan fingerprint density at radius 2 is 2.09 bits per heavy atom. The molecule has 7 nitrogen and oxygen atoms in total. The summed E-state index contributed by atoms with van der Waals surface area (Å²) >= 11 is 0. The van der Waals surface area contributed by atoms with Gasteiger partial charge in [0, 0.05) is 6.08 Å². The fourth-order valence-electron chi connectivity index (χ4n) is 1.71. The van der Waals surface area contributed by atoms with Gasteiger partial charge in [0.05, 0.1) is 12.8 Å². The lowest BCUT2D eigenvalue weighted by Crippen LogP contribution is -2.45. The smallest absolute Gasteiger partial charge is 0.326 e. The first-order chi connectivity index (χ1) is 10.4. The van der Waals surface area contributed by atoms with Gasteiger partial charge in [-0.1, -0.05) is 13.8 Å². The highest BCUT2D eigenvalue weighted by Gasteiger charge is 2.20. The van der Waals surface area contributed by atoms with Crippen molar-refractivity contribution in [3.05, 3.63) is 30.2 Å². The van der Waals surface area contributed by atoms with Crippen LogP contribution in [0.25, 0.3) is 6.08 Å². The molecule has 0 radical (unpaired) electrons. The average molecular weight is 308 g/mol. The van der Waals surface area contributed by atoms with Crippen LogP contribution in [0.1, 0.15) is 26.0 Å². The highest BCUT2D eigenvalue weighted by molar-refractivity contribution is 5.94. The van der Waals surface area contributed by atoms with Crippen LogP contribution in [0.3, 0.4) is 0 Å². The maximum absolute atomic E-state index is 11.6. The lowest BCUT2D eigenvalue weighted by molar-refractivity contribution is -0.142. The first-order valence-electron chi connectivity index (χ1n) is 6.90. The molecule has 0 saturated heterocycles. The van der Waals surface area contributed by atoms with E-state index in [4.69, 9.17) is 9.52 Å². The monoisotopic (exact) mass is 308 g/mol. The molecule has 0 spiro atoms. The molecule has 2 amide bonds. The maximum Gasteiger partial charge on any atom is 0.326 e. The van der Waals surface area contributed by atoms with E-state index in [2.05, 4.69) is 10.6 Å². The fraction of sp³-hybridized carbons (Fsp3) is 0.400. The maximum atomic E-state index is 11.6. The SMILES string of the molecule is CC(C)C[C@H](NC(=O)CNC(=O)C=Cc1ccco1)C(=O)O. The normalized spacial score (nSPS) is 12.3. The van der Waals surface area contributed by atoms with Crippen LogP contribution < -0.4 is 10.6 Å². The Bertz CT molecular complexity index is 534. The van der Waals surface area contributed by atoms with E-state index in [1.54, 1.807) is 12.1 Å². The minimum atomic E-state index is -1.09. The molecule has 1 aromatic heterocycles. The van der Waals surface area contributed by atoms with Crippen LogP contribution in [0.2, 0.25) is 0 Å². The van der Waals surface area contributed by atoms with Crippen molar-refractivity contribution in [3.63, 3.8) is 0 Å². The van der Waals surface area contributed by atoms with Crippen LogP contribution in [0.5, 0.6) is 0 Å². The molecule has 0 saturated carbocycles. The summed E-state index contributed by atoms with van der Waals surface area (Å²) in [5.74, 6) is -1.46. The minimum Gasteiger partial charge on any atom is -0.480 e. The first kappa shape index (κ1) is 17.5. The van der Waals surface area contributed by atoms with E-state index in [-0.39, 0.29) is 12.5 Å². The van der Waals surface area contributed by atoms with Gasteiger partial charge in [0.2, 0.25) is 11.8 Å². The number of hydrogen-bond acceptors (Lipinski definition) is 4. The second-order valence-corrected chi connectivity index (χ2v) is 5.15. The molecular weight excluding hydrogens is 288 g/mol. The third kappa shape index (κ3) is 6.74. The molecular formula is C15H20N2O5. The van der Waals surface area contributed by atoms with Crippen LogP contribution in [0.15, 0.2) is 28.9 Å². The highest BCUT2D eigenvalue weighted by Crippen LogP contribution is 2.04. The average Bonchev–Trinajstić information content (AvgIpc) is 2.94. The number of carbonyl (C=O) groups is 3. The highest BCUT2D eigenvalue weighted by atomic mass is 16.4. The van der Waals surface area contributed by atoms with Crippen LogP contribution in [-0.4, -0.2) is 35.5 Å². The van der Waals surface area contributed by atoms with Gasteiger partial charge in [0.1, 0.15) is 11.8 Å². The van der Waals surface area contributed by atoms with E-state index >= 15 is 0 Å². The van der Waals surface area contributed by atoms with Crippen LogP contribution >= 0.6 is 0 Å². The van der Waals surface area contributed by atoms with Crippen molar-refractivity contribution in [3.8, 4) is 0 Å². The predicted octanol–water partition coefficient (Wildman–Crippen LogP) is 1.02. The molecule has 1 atom stereocenters. The van der Waals surface area contributed by atoms with Gasteiger partial charge in [-0.15, -0.1) is 0 Å². The Kier molecular flexibility index (Phi) is 6.88. The quantitative estimate of drug-likeness (QED) is 0.621. The topological polar surface area (TPSA) is 109 Å². The van der Waals surface area contributed by atoms with Crippen LogP contribution in [-0.2, 0) is 14.4 Å². The van der Waals surface area contributed by atoms with Gasteiger partial charge >= 0.3 is 5.97 Å². The van der Waals surface area contributed by atoms with Crippen molar-refractivity contribution < 1.29 is 23.9 Å². The van der Waals surface area contributed by atoms with E-state index in [0.29, 0.717) is 12.2 Å². The molecule has 120 valence electrons. The minimum absolute atomic E-state index is 0.132. The van der Waals surface area contributed by atoms with Gasteiger partial charge in [-0.05, 0) is 30.5 Å². The summed E-state index contributed by atoms with van der Waals surface area (Å²) in [6.45, 7) is 3.44. The van der Waals surface area contributed by atoms with Gasteiger partial charge in [-0.3, -0.25) is 9.59 Å². The molecule has 0 aliphatic carbocycles. The summed E-state index contributed by atoms with van der Waals surface area (Å²) < 4.78 is 5.01. The fourth-order valence-corrected chi connectivity index (χ4v) is 1.71. The Balaban J connectivity index is 2.38. The van der Waals surface area contributed by atoms with Crippen molar-refractivity contribution >= 4 is 23.9 Å². The molecule has 0 fully saturated rings. The van der Waals surface area contributed by atoms with Crippen molar-refractivity contribution in [2.75, 3.05) is 6.54 Å². The van der Waals surface area contributed by atoms with Crippen molar-refractivity contribution in [2.45, 2.75) is 26.3 Å². The molecule has 0 bridgehead atoms. The molecule has 0 aliphatic heterocycles. The Morgan fingerprint density at radius 3 is 2.64 bits per heavy atom. The largest absolute Gasteiger partial charge is 0.480 e. The van der Waals surface area contributed by atoms with Gasteiger partial charge < -0.3 is 20.2 Å². The number of carboxylic acid groups (broad SMARTS) is 1. The molecule has 1 rings (SSSR count). The summed E-state index contributed by atoms with van der Waals surface area (Å²) in [7, 11) is 0. The van der Waals surface area contributed by atoms with Crippen molar-refractivity contribution in [1.82, 2.24) is 10.6 Å². The number of aliphatic carboxylic acids is 1. The summed E-state index contributed by atoms with van der Waals surface area (Å²) in [4.78, 5) is 34.2. The zero-order chi connectivity index (χ0) is 16.5. The summed E-state index contributed by atoms with van der Waals surface area (Å²) in [5, 5.41) is 13.8. The molecule has 3 N–H and O–H groups in total. The summed E-state index contributed by atoms with van der Waals surface area (Å²) in [6, 6.07) is 2.41. The van der Waals surface area contributed by atoms with Gasteiger partial charge in [0.25, 0.3) is 0 Å². The lowest BCUT2D eigenvalue weighted by Gasteiger charge is -2.16. The van der Waals surface area contributed by atoms with Gasteiger partial charge in [-0.25, -0.2) is 4.79 Å². The number of furan rings is 1. The lowest BCUT2D eigenvalue weighted by atomic mass is 10.0. The number of amides is 2. The van der Waals surface area contributed by atoms with E-state index in [1.807, 2.05) is 13.8 Å². The number of carboxylic acids is 1. The van der Waals surface area contributed by atoms with Crippen LogP contribution in [0.4, 0.5) is 0 Å². The Morgan fingerprint density at radius 1 is 1.36 bits per heavy atom. The molecule has 22 heavy (non-hydrogen) atoms. The summed E-state index contributed by atoms with van der Waals surface area (Å²) in [6.07, 6.45) is 4.50. The second kappa shape index (κ2) is 8.66. The summed E-state index contributed by atoms with van der Waals surface area (Å²) in [5.41, 5.74) is 0. The van der Waals surface area contributed by atoms with E-state index in [9.17, 15) is 14.4 Å². The van der Waals surface area contributed by atoms with E-state index in [1.165, 1.54) is 18.4 Å².